The number of hydrogen-bond donors (Lipinski definition) is 1. The number of carboxylic acids is 1. The number of aromatic carboxylic acids is 1. The molecule has 0 aliphatic heterocycles. The first kappa shape index (κ1) is 15.1. The average Bonchev–Trinajstić information content (AvgIpc) is 2.80. The quantitative estimate of drug-likeness (QED) is 0.905. The summed E-state index contributed by atoms with van der Waals surface area (Å²) in [7, 11) is 1.85. The van der Waals surface area contributed by atoms with Gasteiger partial charge in [-0.1, -0.05) is 46.7 Å². The molecule has 2 aromatic rings. The Hall–Kier alpha value is -1.30. The highest BCUT2D eigenvalue weighted by molar-refractivity contribution is 7.18. The zero-order chi connectivity index (χ0) is 14.9. The molecule has 4 nitrogen and oxygen atoms in total. The lowest BCUT2D eigenvalue weighted by atomic mass is 10.1. The molecule has 1 N–H and O–H groups in total. The van der Waals surface area contributed by atoms with Crippen LogP contribution in [0.1, 0.15) is 28.2 Å². The molecule has 0 aliphatic rings. The van der Waals surface area contributed by atoms with Gasteiger partial charge in [0.05, 0.1) is 6.04 Å². The van der Waals surface area contributed by atoms with E-state index < -0.39 is 5.97 Å². The van der Waals surface area contributed by atoms with E-state index in [0.717, 1.165) is 16.9 Å². The fraction of sp³-hybridized carbons (Fsp3) is 0.231. The summed E-state index contributed by atoms with van der Waals surface area (Å²) in [5.41, 5.74) is 1.06. The van der Waals surface area contributed by atoms with E-state index in [2.05, 4.69) is 4.98 Å². The van der Waals surface area contributed by atoms with Gasteiger partial charge in [0.25, 0.3) is 0 Å². The van der Waals surface area contributed by atoms with Crippen LogP contribution in [-0.4, -0.2) is 23.1 Å². The van der Waals surface area contributed by atoms with Crippen molar-refractivity contribution < 1.29 is 9.90 Å². The van der Waals surface area contributed by atoms with Crippen LogP contribution in [0.5, 0.6) is 0 Å². The first-order valence-corrected chi connectivity index (χ1v) is 7.35. The standard InChI is InChI=1S/C13H12Cl2N2O2S/c1-7(8-3-5-9(14)6-4-8)17(2)13-16-11(15)10(20-13)12(18)19/h3-7H,1-2H3,(H,18,19). The largest absolute Gasteiger partial charge is 0.477 e. The number of thiazole rings is 1. The SMILES string of the molecule is CC(c1ccc(Cl)cc1)N(C)c1nc(Cl)c(C(=O)O)s1. The van der Waals surface area contributed by atoms with Crippen LogP contribution in [0.15, 0.2) is 24.3 Å². The van der Waals surface area contributed by atoms with Crippen molar-refractivity contribution in [3.8, 4) is 0 Å². The Kier molecular flexibility index (Phi) is 4.52. The van der Waals surface area contributed by atoms with Gasteiger partial charge in [-0.2, -0.15) is 0 Å². The van der Waals surface area contributed by atoms with Crippen molar-refractivity contribution in [2.24, 2.45) is 0 Å². The molecule has 1 heterocycles. The third kappa shape index (κ3) is 3.06. The minimum absolute atomic E-state index is 0.0210. The fourth-order valence-electron chi connectivity index (χ4n) is 1.70. The van der Waals surface area contributed by atoms with Crippen LogP contribution in [0.2, 0.25) is 10.2 Å². The summed E-state index contributed by atoms with van der Waals surface area (Å²) in [5, 5.41) is 10.3. The molecule has 0 spiro atoms. The van der Waals surface area contributed by atoms with Crippen molar-refractivity contribution in [1.29, 1.82) is 0 Å². The molecular weight excluding hydrogens is 319 g/mol. The highest BCUT2D eigenvalue weighted by Gasteiger charge is 2.21. The van der Waals surface area contributed by atoms with Crippen LogP contribution in [0, 0.1) is 0 Å². The summed E-state index contributed by atoms with van der Waals surface area (Å²) in [5.74, 6) is -1.06. The molecule has 0 amide bonds. The molecule has 20 heavy (non-hydrogen) atoms. The predicted molar refractivity (Wildman–Crippen MR) is 82.4 cm³/mol. The van der Waals surface area contributed by atoms with Gasteiger partial charge < -0.3 is 10.0 Å². The lowest BCUT2D eigenvalue weighted by Gasteiger charge is -2.24. The van der Waals surface area contributed by atoms with Gasteiger partial charge in [-0.15, -0.1) is 0 Å². The summed E-state index contributed by atoms with van der Waals surface area (Å²) >= 11 is 12.8. The number of hydrogen-bond acceptors (Lipinski definition) is 4. The second-order valence-corrected chi connectivity index (χ2v) is 6.03. The zero-order valence-corrected chi connectivity index (χ0v) is 13.1. The van der Waals surface area contributed by atoms with Gasteiger partial charge in [-0.3, -0.25) is 0 Å². The number of benzene rings is 1. The van der Waals surface area contributed by atoms with Gasteiger partial charge in [0, 0.05) is 12.1 Å². The third-order valence-corrected chi connectivity index (χ3v) is 4.78. The normalized spacial score (nSPS) is 12.2. The Morgan fingerprint density at radius 3 is 2.45 bits per heavy atom. The van der Waals surface area contributed by atoms with Crippen molar-refractivity contribution in [3.63, 3.8) is 0 Å². The molecule has 0 saturated carbocycles. The van der Waals surface area contributed by atoms with Crippen LogP contribution in [-0.2, 0) is 0 Å². The maximum atomic E-state index is 11.0. The van der Waals surface area contributed by atoms with Crippen LogP contribution >= 0.6 is 34.5 Å². The molecule has 2 rings (SSSR count). The number of rotatable bonds is 4. The summed E-state index contributed by atoms with van der Waals surface area (Å²) in [6.45, 7) is 2.00. The maximum Gasteiger partial charge on any atom is 0.349 e. The minimum Gasteiger partial charge on any atom is -0.477 e. The van der Waals surface area contributed by atoms with Crippen molar-refractivity contribution in [3.05, 3.63) is 44.9 Å². The van der Waals surface area contributed by atoms with E-state index in [0.29, 0.717) is 10.2 Å². The number of carboxylic acid groups (broad SMARTS) is 1. The first-order valence-electron chi connectivity index (χ1n) is 5.78. The van der Waals surface area contributed by atoms with E-state index in [-0.39, 0.29) is 16.1 Å². The van der Waals surface area contributed by atoms with E-state index >= 15 is 0 Å². The molecular formula is C13H12Cl2N2O2S. The number of nitrogens with zero attached hydrogens (tertiary/aromatic N) is 2. The van der Waals surface area contributed by atoms with Crippen LogP contribution in [0.25, 0.3) is 0 Å². The van der Waals surface area contributed by atoms with Gasteiger partial charge in [0.2, 0.25) is 0 Å². The Labute approximate surface area is 130 Å². The van der Waals surface area contributed by atoms with Crippen molar-refractivity contribution in [2.75, 3.05) is 11.9 Å². The van der Waals surface area contributed by atoms with E-state index in [1.807, 2.05) is 43.1 Å². The van der Waals surface area contributed by atoms with Gasteiger partial charge in [0.1, 0.15) is 0 Å². The number of carbonyl (C=O) groups is 1. The molecule has 0 radical (unpaired) electrons. The maximum absolute atomic E-state index is 11.0. The second-order valence-electron chi connectivity index (χ2n) is 4.26. The van der Waals surface area contributed by atoms with Gasteiger partial charge in [-0.05, 0) is 24.6 Å². The van der Waals surface area contributed by atoms with Gasteiger partial charge in [0.15, 0.2) is 15.2 Å². The average molecular weight is 331 g/mol. The Morgan fingerprint density at radius 2 is 1.95 bits per heavy atom. The van der Waals surface area contributed by atoms with E-state index in [1.165, 1.54) is 0 Å². The van der Waals surface area contributed by atoms with Crippen molar-refractivity contribution in [1.82, 2.24) is 4.98 Å². The Balaban J connectivity index is 2.26. The molecule has 1 aromatic carbocycles. The molecule has 0 bridgehead atoms. The summed E-state index contributed by atoms with van der Waals surface area (Å²) < 4.78 is 0. The van der Waals surface area contributed by atoms with Gasteiger partial charge >= 0.3 is 5.97 Å². The lowest BCUT2D eigenvalue weighted by Crippen LogP contribution is -2.21. The molecule has 1 unspecified atom stereocenters. The van der Waals surface area contributed by atoms with Gasteiger partial charge in [-0.25, -0.2) is 9.78 Å². The zero-order valence-electron chi connectivity index (χ0n) is 10.8. The van der Waals surface area contributed by atoms with Crippen molar-refractivity contribution >= 4 is 45.6 Å². The monoisotopic (exact) mass is 330 g/mol. The molecule has 1 atom stereocenters. The molecule has 1 aromatic heterocycles. The highest BCUT2D eigenvalue weighted by atomic mass is 35.5. The summed E-state index contributed by atoms with van der Waals surface area (Å²) in [4.78, 5) is 17.0. The minimum atomic E-state index is -1.06. The number of anilines is 1. The van der Waals surface area contributed by atoms with Crippen LogP contribution < -0.4 is 4.90 Å². The predicted octanol–water partition coefficient (Wildman–Crippen LogP) is 4.35. The summed E-state index contributed by atoms with van der Waals surface area (Å²) in [6, 6.07) is 7.52. The lowest BCUT2D eigenvalue weighted by molar-refractivity contribution is 0.0702. The number of aromatic nitrogens is 1. The van der Waals surface area contributed by atoms with E-state index in [4.69, 9.17) is 28.3 Å². The van der Waals surface area contributed by atoms with Crippen LogP contribution in [0.4, 0.5) is 5.13 Å². The van der Waals surface area contributed by atoms with E-state index in [9.17, 15) is 4.79 Å². The summed E-state index contributed by atoms with van der Waals surface area (Å²) in [6.07, 6.45) is 0. The van der Waals surface area contributed by atoms with Crippen molar-refractivity contribution in [2.45, 2.75) is 13.0 Å². The first-order chi connectivity index (χ1) is 9.40. The second kappa shape index (κ2) is 5.99. The fourth-order valence-corrected chi connectivity index (χ4v) is 3.00. The smallest absolute Gasteiger partial charge is 0.349 e. The highest BCUT2D eigenvalue weighted by Crippen LogP contribution is 2.33. The molecule has 0 aliphatic carbocycles. The Bertz CT molecular complexity index is 628. The molecule has 7 heteroatoms. The van der Waals surface area contributed by atoms with Crippen LogP contribution in [0.3, 0.4) is 0 Å². The molecule has 0 fully saturated rings. The topological polar surface area (TPSA) is 53.4 Å². The molecule has 0 saturated heterocycles. The van der Waals surface area contributed by atoms with E-state index in [1.54, 1.807) is 0 Å². The number of halogens is 2. The Morgan fingerprint density at radius 1 is 1.35 bits per heavy atom. The molecule has 106 valence electrons. The third-order valence-electron chi connectivity index (χ3n) is 3.00.